The Balaban J connectivity index is 2.17. The van der Waals surface area contributed by atoms with Crippen molar-refractivity contribution in [1.82, 2.24) is 4.90 Å². The van der Waals surface area contributed by atoms with Gasteiger partial charge < -0.3 is 9.64 Å². The fourth-order valence-corrected chi connectivity index (χ4v) is 3.80. The molecule has 2 bridgehead atoms. The van der Waals surface area contributed by atoms with Gasteiger partial charge in [-0.2, -0.15) is 0 Å². The predicted molar refractivity (Wildman–Crippen MR) is 85.9 cm³/mol. The summed E-state index contributed by atoms with van der Waals surface area (Å²) in [4.78, 5) is 1.07. The van der Waals surface area contributed by atoms with Crippen LogP contribution in [0, 0.1) is 11.8 Å². The third kappa shape index (κ3) is 1.88. The van der Waals surface area contributed by atoms with Crippen molar-refractivity contribution >= 4 is 0 Å². The maximum absolute atomic E-state index is 9.61. The maximum Gasteiger partial charge on any atom is 0.119 e. The second-order valence-corrected chi connectivity index (χ2v) is 6.01. The van der Waals surface area contributed by atoms with E-state index in [1.54, 1.807) is 12.1 Å². The smallest absolute Gasteiger partial charge is 0.119 e. The quantitative estimate of drug-likeness (QED) is 0.784. The lowest BCUT2D eigenvalue weighted by molar-refractivity contribution is -0.0112. The first-order valence-corrected chi connectivity index (χ1v) is 7.30. The monoisotopic (exact) mass is 296 g/mol. The average Bonchev–Trinajstić information content (AvgIpc) is 2.65. The summed E-state index contributed by atoms with van der Waals surface area (Å²) in [6.07, 6.45) is -9.06. The summed E-state index contributed by atoms with van der Waals surface area (Å²) in [5.41, 5.74) is -1.24. The molecule has 1 aliphatic heterocycles. The lowest BCUT2D eigenvalue weighted by atomic mass is 9.51. The zero-order valence-electron chi connectivity index (χ0n) is 23.3. The second-order valence-electron chi connectivity index (χ2n) is 6.01. The summed E-state index contributed by atoms with van der Waals surface area (Å²) in [5.74, 6) is -4.77. The minimum atomic E-state index is -2.99. The molecule has 2 heteroatoms. The number of benzene rings is 1. The Kier molecular flexibility index (Phi) is 1.41. The molecule has 0 spiro atoms. The van der Waals surface area contributed by atoms with Gasteiger partial charge in [-0.05, 0) is 80.5 Å². The molecular formula is C19H27NO. The molecular weight excluding hydrogens is 258 g/mol. The van der Waals surface area contributed by atoms with E-state index in [2.05, 4.69) is 0 Å². The average molecular weight is 296 g/mol. The van der Waals surface area contributed by atoms with Crippen LogP contribution >= 0.6 is 0 Å². The topological polar surface area (TPSA) is 12.5 Å². The number of piperidine rings is 1. The standard InChI is InChI=1S/C19H27NO/c1-13-6-7-19-8-9-20(2)18(17(19)10-13)11-14-4-5-15(21-3)12-16(14)19/h4-5,12-13,17-18H,6-11H2,1-3H3/t13?,17-,18+,19-/m1/s1/i2D3,6D2,7D2,10D2,13D,17D. The third-order valence-electron chi connectivity index (χ3n) is 4.87. The van der Waals surface area contributed by atoms with Crippen molar-refractivity contribution < 1.29 is 19.8 Å². The van der Waals surface area contributed by atoms with E-state index in [9.17, 15) is 1.37 Å². The van der Waals surface area contributed by atoms with Gasteiger partial charge in [0, 0.05) is 26.5 Å². The summed E-state index contributed by atoms with van der Waals surface area (Å²) >= 11 is 0. The number of methoxy groups -OCH3 is 1. The fourth-order valence-electron chi connectivity index (χ4n) is 3.80. The molecule has 4 rings (SSSR count). The molecule has 0 N–H and O–H groups in total. The lowest BCUT2D eigenvalue weighted by Crippen LogP contribution is -2.60. The molecule has 1 aromatic rings. The van der Waals surface area contributed by atoms with Crippen LogP contribution in [0.5, 0.6) is 5.75 Å². The van der Waals surface area contributed by atoms with Crippen LogP contribution < -0.4 is 4.74 Å². The van der Waals surface area contributed by atoms with Crippen molar-refractivity contribution in [2.24, 2.45) is 11.8 Å². The fraction of sp³-hybridized carbons (Fsp3) is 0.684. The van der Waals surface area contributed by atoms with Gasteiger partial charge in [-0.1, -0.05) is 13.0 Å². The van der Waals surface area contributed by atoms with E-state index in [4.69, 9.17) is 18.4 Å². The summed E-state index contributed by atoms with van der Waals surface area (Å²) < 4.78 is 101. The van der Waals surface area contributed by atoms with Gasteiger partial charge in [0.05, 0.1) is 7.11 Å². The molecule has 2 fully saturated rings. The molecule has 2 nitrogen and oxygen atoms in total. The van der Waals surface area contributed by atoms with Gasteiger partial charge in [0.25, 0.3) is 0 Å². The molecule has 3 aliphatic rings. The molecule has 114 valence electrons. The number of hydrogen-bond acceptors (Lipinski definition) is 2. The van der Waals surface area contributed by atoms with Gasteiger partial charge in [0.15, 0.2) is 0 Å². The zero-order valence-corrected chi connectivity index (χ0v) is 12.3. The molecule has 2 aliphatic carbocycles. The molecule has 0 aromatic heterocycles. The maximum atomic E-state index is 9.61. The number of likely N-dealkylation sites (N-methyl/N-ethyl adjacent to an activating group) is 1. The van der Waals surface area contributed by atoms with E-state index in [-0.39, 0.29) is 24.9 Å². The lowest BCUT2D eigenvalue weighted by Gasteiger charge is -2.59. The summed E-state index contributed by atoms with van der Waals surface area (Å²) in [6.45, 7) is -1.84. The first-order valence-electron chi connectivity index (χ1n) is 12.8. The van der Waals surface area contributed by atoms with Crippen molar-refractivity contribution in [2.75, 3.05) is 20.6 Å². The van der Waals surface area contributed by atoms with Crippen LogP contribution in [0.2, 0.25) is 0 Å². The number of fused-ring (bicyclic) bond motifs is 1. The Labute approximate surface area is 143 Å². The third-order valence-corrected chi connectivity index (χ3v) is 4.87. The van der Waals surface area contributed by atoms with Crippen LogP contribution in [0.1, 0.15) is 58.7 Å². The Hall–Kier alpha value is -1.02. The molecule has 1 saturated carbocycles. The second kappa shape index (κ2) is 4.74. The SMILES string of the molecule is [2H]C([2H])([2H])N1CC[C@]23c4cc(OC)ccc4C[C@H]1[C@@]2([2H])C([2H])([2H])C([2H])(C)C([2H])([2H])C3([2H])[2H]. The van der Waals surface area contributed by atoms with E-state index < -0.39 is 49.3 Å². The predicted octanol–water partition coefficient (Wildman–Crippen LogP) is 3.63. The Bertz CT molecular complexity index is 959. The highest BCUT2D eigenvalue weighted by Crippen LogP contribution is 2.56. The normalized spacial score (nSPS) is 61.0. The van der Waals surface area contributed by atoms with Crippen LogP contribution in [0.4, 0.5) is 0 Å². The summed E-state index contributed by atoms with van der Waals surface area (Å²) in [6, 6.07) is 3.53. The first-order chi connectivity index (χ1) is 14.4. The molecule has 21 heavy (non-hydrogen) atoms. The largest absolute Gasteiger partial charge is 0.497 e. The Morgan fingerprint density at radius 2 is 2.43 bits per heavy atom. The Morgan fingerprint density at radius 1 is 1.52 bits per heavy atom. The molecule has 4 atom stereocenters. The number of nitrogens with zero attached hydrogens (tertiary/aromatic N) is 1. The summed E-state index contributed by atoms with van der Waals surface area (Å²) in [5, 5.41) is 0. The minimum Gasteiger partial charge on any atom is -0.497 e. The van der Waals surface area contributed by atoms with Gasteiger partial charge in [-0.15, -0.1) is 0 Å². The van der Waals surface area contributed by atoms with Crippen molar-refractivity contribution in [3.63, 3.8) is 0 Å². The van der Waals surface area contributed by atoms with Crippen LogP contribution in [-0.2, 0) is 11.8 Å². The number of hydrogen-bond donors (Lipinski definition) is 0. The van der Waals surface area contributed by atoms with Crippen molar-refractivity contribution in [1.29, 1.82) is 0 Å². The van der Waals surface area contributed by atoms with Crippen LogP contribution in [0.3, 0.4) is 0 Å². The van der Waals surface area contributed by atoms with E-state index in [0.717, 1.165) is 11.8 Å². The van der Waals surface area contributed by atoms with E-state index in [0.29, 0.717) is 11.3 Å². The first kappa shape index (κ1) is 6.23. The van der Waals surface area contributed by atoms with E-state index >= 15 is 0 Å². The van der Waals surface area contributed by atoms with Crippen LogP contribution in [0.15, 0.2) is 18.2 Å². The molecule has 1 aromatic carbocycles. The highest BCUT2D eigenvalue weighted by molar-refractivity contribution is 5.45. The van der Waals surface area contributed by atoms with Gasteiger partial charge in [-0.3, -0.25) is 0 Å². The molecule has 0 amide bonds. The number of likely N-dealkylation sites (tertiary alicyclic amines) is 1. The van der Waals surface area contributed by atoms with Crippen molar-refractivity contribution in [3.05, 3.63) is 29.3 Å². The number of ether oxygens (including phenoxy) is 1. The van der Waals surface area contributed by atoms with Gasteiger partial charge in [-0.25, -0.2) is 0 Å². The minimum absolute atomic E-state index is 0.0301. The number of rotatable bonds is 1. The summed E-state index contributed by atoms with van der Waals surface area (Å²) in [7, 11) is 1.42. The van der Waals surface area contributed by atoms with Gasteiger partial charge in [0.2, 0.25) is 0 Å². The van der Waals surface area contributed by atoms with Crippen molar-refractivity contribution in [3.8, 4) is 5.75 Å². The van der Waals surface area contributed by atoms with Crippen molar-refractivity contribution in [2.45, 2.75) is 50.3 Å². The molecule has 1 saturated heterocycles. The highest BCUT2D eigenvalue weighted by Gasteiger charge is 2.54. The van der Waals surface area contributed by atoms with E-state index in [1.807, 2.05) is 0 Å². The van der Waals surface area contributed by atoms with E-state index in [1.165, 1.54) is 13.2 Å². The Morgan fingerprint density at radius 3 is 3.24 bits per heavy atom. The van der Waals surface area contributed by atoms with Gasteiger partial charge >= 0.3 is 0 Å². The molecule has 1 unspecified atom stereocenters. The zero-order chi connectivity index (χ0) is 24.3. The molecule has 0 radical (unpaired) electrons. The van der Waals surface area contributed by atoms with Gasteiger partial charge in [0.1, 0.15) is 5.75 Å². The highest BCUT2D eigenvalue weighted by atomic mass is 16.5. The van der Waals surface area contributed by atoms with Crippen LogP contribution in [-0.4, -0.2) is 31.6 Å². The van der Waals surface area contributed by atoms with Crippen LogP contribution in [0.25, 0.3) is 0 Å². The molecule has 1 heterocycles.